The summed E-state index contributed by atoms with van der Waals surface area (Å²) in [6, 6.07) is 9.57. The van der Waals surface area contributed by atoms with E-state index in [2.05, 4.69) is 10.4 Å². The molecule has 8 nitrogen and oxygen atoms in total. The van der Waals surface area contributed by atoms with Crippen LogP contribution in [0.3, 0.4) is 0 Å². The molecule has 0 spiro atoms. The van der Waals surface area contributed by atoms with Crippen molar-refractivity contribution in [2.75, 3.05) is 13.1 Å². The number of rotatable bonds is 7. The van der Waals surface area contributed by atoms with Gasteiger partial charge in [0.2, 0.25) is 5.43 Å². The maximum atomic E-state index is 13.3. The number of hydrogen-bond acceptors (Lipinski definition) is 4. The van der Waals surface area contributed by atoms with Gasteiger partial charge in [-0.2, -0.15) is 5.10 Å². The average molecular weight is 476 g/mol. The van der Waals surface area contributed by atoms with Crippen LogP contribution in [0.5, 0.6) is 0 Å². The van der Waals surface area contributed by atoms with Crippen LogP contribution in [0.1, 0.15) is 78.3 Å². The molecule has 1 aliphatic rings. The van der Waals surface area contributed by atoms with E-state index in [0.29, 0.717) is 13.1 Å². The second kappa shape index (κ2) is 11.2. The Balaban J connectivity index is 1.55. The van der Waals surface area contributed by atoms with Crippen molar-refractivity contribution in [1.29, 1.82) is 0 Å². The van der Waals surface area contributed by atoms with Gasteiger partial charge >= 0.3 is 0 Å². The third kappa shape index (κ3) is 5.70. The van der Waals surface area contributed by atoms with E-state index in [1.807, 2.05) is 54.9 Å². The monoisotopic (exact) mass is 475 g/mol. The summed E-state index contributed by atoms with van der Waals surface area (Å²) in [7, 11) is 0. The molecule has 3 heterocycles. The average Bonchev–Trinajstić information content (AvgIpc) is 3.29. The zero-order valence-corrected chi connectivity index (χ0v) is 20.4. The fourth-order valence-electron chi connectivity index (χ4n) is 4.29. The maximum Gasteiger partial charge on any atom is 0.259 e. The Hall–Kier alpha value is -3.68. The standard InChI is InChI=1S/C27H33N5O3/c1-3-20(2)31-18-23(25(33)24(19-31)27(35)30-14-6-4-5-7-15-30)26(34)28-17-21-9-11-22(12-10-21)32-16-8-13-29-32/h8-13,16,18-20H,3-7,14-15,17H2,1-2H3,(H,28,34)/t20-/m0/s1. The molecule has 4 rings (SSSR count). The molecule has 1 fully saturated rings. The number of nitrogens with zero attached hydrogens (tertiary/aromatic N) is 4. The van der Waals surface area contributed by atoms with E-state index in [1.165, 1.54) is 0 Å². The van der Waals surface area contributed by atoms with Gasteiger partial charge in [-0.25, -0.2) is 4.68 Å². The van der Waals surface area contributed by atoms with E-state index >= 15 is 0 Å². The lowest BCUT2D eigenvalue weighted by Gasteiger charge is -2.22. The number of amides is 2. The SMILES string of the molecule is CC[C@H](C)n1cc(C(=O)NCc2ccc(-n3cccn3)cc2)c(=O)c(C(=O)N2CCCCCC2)c1. The number of aromatic nitrogens is 3. The number of nitrogens with one attached hydrogen (secondary N) is 1. The van der Waals surface area contributed by atoms with Gasteiger partial charge in [0.25, 0.3) is 11.8 Å². The first-order valence-corrected chi connectivity index (χ1v) is 12.4. The van der Waals surface area contributed by atoms with E-state index in [9.17, 15) is 14.4 Å². The normalized spacial score (nSPS) is 14.9. The molecule has 8 heteroatoms. The Morgan fingerprint density at radius 2 is 1.71 bits per heavy atom. The predicted molar refractivity (Wildman–Crippen MR) is 135 cm³/mol. The molecule has 1 N–H and O–H groups in total. The van der Waals surface area contributed by atoms with E-state index < -0.39 is 11.3 Å². The van der Waals surface area contributed by atoms with Gasteiger partial charge in [0.15, 0.2) is 0 Å². The summed E-state index contributed by atoms with van der Waals surface area (Å²) in [5.41, 5.74) is 1.38. The van der Waals surface area contributed by atoms with Crippen molar-refractivity contribution in [3.05, 3.63) is 82.0 Å². The number of pyridine rings is 1. The Labute approximate surface area is 205 Å². The highest BCUT2D eigenvalue weighted by Crippen LogP contribution is 2.16. The Morgan fingerprint density at radius 3 is 2.34 bits per heavy atom. The van der Waals surface area contributed by atoms with Crippen LogP contribution in [0.15, 0.2) is 59.9 Å². The van der Waals surface area contributed by atoms with Crippen LogP contribution in [0.4, 0.5) is 0 Å². The summed E-state index contributed by atoms with van der Waals surface area (Å²) in [6.07, 6.45) is 11.6. The zero-order chi connectivity index (χ0) is 24.8. The molecule has 1 saturated heterocycles. The highest BCUT2D eigenvalue weighted by atomic mass is 16.2. The number of likely N-dealkylation sites (tertiary alicyclic amines) is 1. The van der Waals surface area contributed by atoms with Crippen LogP contribution in [-0.4, -0.2) is 44.2 Å². The predicted octanol–water partition coefficient (Wildman–Crippen LogP) is 3.95. The third-order valence-electron chi connectivity index (χ3n) is 6.67. The van der Waals surface area contributed by atoms with Crippen molar-refractivity contribution in [3.63, 3.8) is 0 Å². The van der Waals surface area contributed by atoms with Crippen molar-refractivity contribution >= 4 is 11.8 Å². The van der Waals surface area contributed by atoms with E-state index in [0.717, 1.165) is 43.4 Å². The lowest BCUT2D eigenvalue weighted by molar-refractivity contribution is 0.0759. The van der Waals surface area contributed by atoms with Crippen LogP contribution in [0.2, 0.25) is 0 Å². The highest BCUT2D eigenvalue weighted by Gasteiger charge is 2.24. The first-order valence-electron chi connectivity index (χ1n) is 12.4. The highest BCUT2D eigenvalue weighted by molar-refractivity contribution is 5.99. The van der Waals surface area contributed by atoms with Crippen molar-refractivity contribution in [2.45, 2.75) is 58.5 Å². The molecule has 1 aromatic carbocycles. The summed E-state index contributed by atoms with van der Waals surface area (Å²) >= 11 is 0. The van der Waals surface area contributed by atoms with E-state index in [-0.39, 0.29) is 29.6 Å². The molecule has 1 aliphatic heterocycles. The summed E-state index contributed by atoms with van der Waals surface area (Å²) in [6.45, 7) is 5.60. The Bertz CT molecular complexity index is 1210. The molecule has 0 aliphatic carbocycles. The summed E-state index contributed by atoms with van der Waals surface area (Å²) < 4.78 is 3.58. The minimum atomic E-state index is -0.509. The quantitative estimate of drug-likeness (QED) is 0.560. The van der Waals surface area contributed by atoms with E-state index in [4.69, 9.17) is 0 Å². The van der Waals surface area contributed by atoms with E-state index in [1.54, 1.807) is 28.2 Å². The first kappa shape index (κ1) is 24.4. The van der Waals surface area contributed by atoms with Crippen molar-refractivity contribution in [1.82, 2.24) is 24.6 Å². The number of carbonyl (C=O) groups excluding carboxylic acids is 2. The fraction of sp³-hybridized carbons (Fsp3) is 0.407. The molecule has 0 radical (unpaired) electrons. The van der Waals surface area contributed by atoms with Crippen LogP contribution in [0, 0.1) is 0 Å². The molecule has 35 heavy (non-hydrogen) atoms. The topological polar surface area (TPSA) is 89.2 Å². The number of benzene rings is 1. The molecule has 1 atom stereocenters. The van der Waals surface area contributed by atoms with Gasteiger partial charge in [0, 0.05) is 50.5 Å². The lowest BCUT2D eigenvalue weighted by Crippen LogP contribution is -2.38. The van der Waals surface area contributed by atoms with Crippen LogP contribution in [0.25, 0.3) is 5.69 Å². The van der Waals surface area contributed by atoms with Crippen molar-refractivity contribution in [3.8, 4) is 5.69 Å². The molecular weight excluding hydrogens is 442 g/mol. The van der Waals surface area contributed by atoms with Gasteiger partial charge in [0.1, 0.15) is 11.1 Å². The molecule has 3 aromatic rings. The smallest absolute Gasteiger partial charge is 0.259 e. The van der Waals surface area contributed by atoms with Crippen LogP contribution >= 0.6 is 0 Å². The summed E-state index contributed by atoms with van der Waals surface area (Å²) in [4.78, 5) is 41.4. The van der Waals surface area contributed by atoms with Gasteiger partial charge in [-0.1, -0.05) is 31.9 Å². The third-order valence-corrected chi connectivity index (χ3v) is 6.67. The van der Waals surface area contributed by atoms with Gasteiger partial charge < -0.3 is 14.8 Å². The molecule has 2 aromatic heterocycles. The van der Waals surface area contributed by atoms with Crippen molar-refractivity contribution in [2.24, 2.45) is 0 Å². The van der Waals surface area contributed by atoms with Crippen LogP contribution < -0.4 is 10.7 Å². The molecule has 0 bridgehead atoms. The van der Waals surface area contributed by atoms with Gasteiger partial charge in [0.05, 0.1) is 5.69 Å². The lowest BCUT2D eigenvalue weighted by atomic mass is 10.1. The largest absolute Gasteiger partial charge is 0.350 e. The number of hydrogen-bond donors (Lipinski definition) is 1. The molecule has 184 valence electrons. The minimum absolute atomic E-state index is 0.000803. The Morgan fingerprint density at radius 1 is 1.03 bits per heavy atom. The summed E-state index contributed by atoms with van der Waals surface area (Å²) in [5, 5.41) is 7.06. The molecule has 2 amide bonds. The summed E-state index contributed by atoms with van der Waals surface area (Å²) in [5.74, 6) is -0.758. The fourth-order valence-corrected chi connectivity index (χ4v) is 4.29. The zero-order valence-electron chi connectivity index (χ0n) is 20.4. The van der Waals surface area contributed by atoms with Crippen molar-refractivity contribution < 1.29 is 9.59 Å². The van der Waals surface area contributed by atoms with Gasteiger partial charge in [-0.05, 0) is 49.9 Å². The molecular formula is C27H33N5O3. The first-order chi connectivity index (χ1) is 17.0. The Kier molecular flexibility index (Phi) is 7.80. The van der Waals surface area contributed by atoms with Gasteiger partial charge in [-0.15, -0.1) is 0 Å². The molecule has 0 saturated carbocycles. The number of carbonyl (C=O) groups is 2. The minimum Gasteiger partial charge on any atom is -0.350 e. The maximum absolute atomic E-state index is 13.3. The second-order valence-electron chi connectivity index (χ2n) is 9.13. The van der Waals surface area contributed by atoms with Gasteiger partial charge in [-0.3, -0.25) is 14.4 Å². The van der Waals surface area contributed by atoms with Crippen LogP contribution in [-0.2, 0) is 6.54 Å². The molecule has 0 unspecified atom stereocenters. The second-order valence-corrected chi connectivity index (χ2v) is 9.13.